The van der Waals surface area contributed by atoms with E-state index in [4.69, 9.17) is 10.8 Å². The van der Waals surface area contributed by atoms with Crippen molar-refractivity contribution in [3.63, 3.8) is 0 Å². The molecule has 0 radical (unpaired) electrons. The molecule has 1 aliphatic rings. The number of hydrogen-bond acceptors (Lipinski definition) is 3. The lowest BCUT2D eigenvalue weighted by atomic mass is 10.1. The summed E-state index contributed by atoms with van der Waals surface area (Å²) >= 11 is 0. The standard InChI is InChI=1S/C14H22N2O/c15-14-10-12(11-17)4-5-13(14)6-9-16-7-2-1-3-8-16/h4-5,10,17H,1-3,6-9,11,15H2. The van der Waals surface area contributed by atoms with Gasteiger partial charge in [-0.3, -0.25) is 0 Å². The zero-order chi connectivity index (χ0) is 12.1. The van der Waals surface area contributed by atoms with E-state index in [1.165, 1.54) is 37.9 Å². The molecule has 0 bridgehead atoms. The molecule has 0 atom stereocenters. The second-order valence-electron chi connectivity index (χ2n) is 4.84. The minimum Gasteiger partial charge on any atom is -0.398 e. The Balaban J connectivity index is 1.89. The first-order valence-corrected chi connectivity index (χ1v) is 6.50. The normalized spacial score (nSPS) is 17.2. The summed E-state index contributed by atoms with van der Waals surface area (Å²) in [6, 6.07) is 5.89. The maximum Gasteiger partial charge on any atom is 0.0682 e. The van der Waals surface area contributed by atoms with Crippen molar-refractivity contribution in [1.82, 2.24) is 4.90 Å². The monoisotopic (exact) mass is 234 g/mol. The molecule has 1 aromatic rings. The van der Waals surface area contributed by atoms with E-state index in [1.54, 1.807) is 0 Å². The SMILES string of the molecule is Nc1cc(CO)ccc1CCN1CCCCC1. The number of anilines is 1. The van der Waals surface area contributed by atoms with Crippen LogP contribution in [0.5, 0.6) is 0 Å². The first-order valence-electron chi connectivity index (χ1n) is 6.50. The van der Waals surface area contributed by atoms with Crippen LogP contribution >= 0.6 is 0 Å². The highest BCUT2D eigenvalue weighted by Gasteiger charge is 2.10. The maximum atomic E-state index is 9.02. The number of nitrogen functional groups attached to an aromatic ring is 1. The molecule has 1 saturated heterocycles. The average Bonchev–Trinajstić information content (AvgIpc) is 2.38. The Kier molecular flexibility index (Phi) is 4.40. The van der Waals surface area contributed by atoms with E-state index in [-0.39, 0.29) is 6.61 Å². The van der Waals surface area contributed by atoms with Crippen LogP contribution in [0.15, 0.2) is 18.2 Å². The molecule has 0 unspecified atom stereocenters. The van der Waals surface area contributed by atoms with Gasteiger partial charge in [-0.2, -0.15) is 0 Å². The molecule has 0 aromatic heterocycles. The molecule has 0 aliphatic carbocycles. The van der Waals surface area contributed by atoms with E-state index in [9.17, 15) is 0 Å². The average molecular weight is 234 g/mol. The number of rotatable bonds is 4. The van der Waals surface area contributed by atoms with Crippen molar-refractivity contribution in [3.05, 3.63) is 29.3 Å². The summed E-state index contributed by atoms with van der Waals surface area (Å²) in [6.07, 6.45) is 5.05. The molecule has 0 amide bonds. The van der Waals surface area contributed by atoms with E-state index < -0.39 is 0 Å². The molecule has 1 aliphatic heterocycles. The fourth-order valence-electron chi connectivity index (χ4n) is 2.43. The number of benzene rings is 1. The van der Waals surface area contributed by atoms with Gasteiger partial charge in [0.25, 0.3) is 0 Å². The van der Waals surface area contributed by atoms with Gasteiger partial charge < -0.3 is 15.7 Å². The van der Waals surface area contributed by atoms with E-state index in [0.29, 0.717) is 0 Å². The lowest BCUT2D eigenvalue weighted by molar-refractivity contribution is 0.231. The minimum absolute atomic E-state index is 0.0661. The molecule has 3 nitrogen and oxygen atoms in total. The van der Waals surface area contributed by atoms with Crippen molar-refractivity contribution in [2.75, 3.05) is 25.4 Å². The Hall–Kier alpha value is -1.06. The topological polar surface area (TPSA) is 49.5 Å². The summed E-state index contributed by atoms with van der Waals surface area (Å²) in [5.41, 5.74) is 8.89. The largest absolute Gasteiger partial charge is 0.398 e. The summed E-state index contributed by atoms with van der Waals surface area (Å²) in [5.74, 6) is 0. The Morgan fingerprint density at radius 2 is 1.94 bits per heavy atom. The second-order valence-corrected chi connectivity index (χ2v) is 4.84. The Morgan fingerprint density at radius 3 is 2.59 bits per heavy atom. The number of likely N-dealkylation sites (tertiary alicyclic amines) is 1. The molecule has 3 heteroatoms. The van der Waals surface area contributed by atoms with Gasteiger partial charge in [0, 0.05) is 12.2 Å². The molecule has 0 saturated carbocycles. The molecule has 17 heavy (non-hydrogen) atoms. The highest BCUT2D eigenvalue weighted by molar-refractivity contribution is 5.49. The second kappa shape index (κ2) is 6.03. The van der Waals surface area contributed by atoms with Gasteiger partial charge >= 0.3 is 0 Å². The summed E-state index contributed by atoms with van der Waals surface area (Å²) in [7, 11) is 0. The van der Waals surface area contributed by atoms with Gasteiger partial charge in [0.15, 0.2) is 0 Å². The lowest BCUT2D eigenvalue weighted by Crippen LogP contribution is -2.31. The van der Waals surface area contributed by atoms with Gasteiger partial charge in [-0.1, -0.05) is 18.6 Å². The molecule has 1 fully saturated rings. The van der Waals surface area contributed by atoms with Crippen LogP contribution in [-0.4, -0.2) is 29.6 Å². The number of aliphatic hydroxyl groups is 1. The summed E-state index contributed by atoms with van der Waals surface area (Å²) in [6.45, 7) is 3.63. The van der Waals surface area contributed by atoms with E-state index in [1.807, 2.05) is 18.2 Å². The van der Waals surface area contributed by atoms with Gasteiger partial charge in [0.05, 0.1) is 6.61 Å². The molecule has 1 aromatic carbocycles. The van der Waals surface area contributed by atoms with Gasteiger partial charge in [-0.25, -0.2) is 0 Å². The minimum atomic E-state index is 0.0661. The third-order valence-corrected chi connectivity index (χ3v) is 3.54. The quantitative estimate of drug-likeness (QED) is 0.781. The molecule has 3 N–H and O–H groups in total. The zero-order valence-corrected chi connectivity index (χ0v) is 10.4. The number of nitrogens with two attached hydrogens (primary N) is 1. The van der Waals surface area contributed by atoms with Gasteiger partial charge in [0.2, 0.25) is 0 Å². The van der Waals surface area contributed by atoms with Crippen LogP contribution in [0.1, 0.15) is 30.4 Å². The van der Waals surface area contributed by atoms with E-state index >= 15 is 0 Å². The van der Waals surface area contributed by atoms with E-state index in [0.717, 1.165) is 24.2 Å². The van der Waals surface area contributed by atoms with Crippen molar-refractivity contribution in [3.8, 4) is 0 Å². The molecule has 1 heterocycles. The Labute approximate surface area is 103 Å². The molecule has 0 spiro atoms. The summed E-state index contributed by atoms with van der Waals surface area (Å²) in [4.78, 5) is 2.52. The highest BCUT2D eigenvalue weighted by Crippen LogP contribution is 2.16. The molecule has 94 valence electrons. The van der Waals surface area contributed by atoms with Crippen molar-refractivity contribution in [2.24, 2.45) is 0 Å². The number of hydrogen-bond donors (Lipinski definition) is 2. The van der Waals surface area contributed by atoms with Crippen LogP contribution in [0, 0.1) is 0 Å². The predicted octanol–water partition coefficient (Wildman–Crippen LogP) is 1.79. The highest BCUT2D eigenvalue weighted by atomic mass is 16.3. The van der Waals surface area contributed by atoms with Gasteiger partial charge in [0.1, 0.15) is 0 Å². The smallest absolute Gasteiger partial charge is 0.0682 e. The lowest BCUT2D eigenvalue weighted by Gasteiger charge is -2.26. The fraction of sp³-hybridized carbons (Fsp3) is 0.571. The summed E-state index contributed by atoms with van der Waals surface area (Å²) in [5, 5.41) is 9.02. The van der Waals surface area contributed by atoms with Crippen LogP contribution in [0.3, 0.4) is 0 Å². The summed E-state index contributed by atoms with van der Waals surface area (Å²) < 4.78 is 0. The van der Waals surface area contributed by atoms with Crippen molar-refractivity contribution in [2.45, 2.75) is 32.3 Å². The van der Waals surface area contributed by atoms with Crippen molar-refractivity contribution in [1.29, 1.82) is 0 Å². The first-order chi connectivity index (χ1) is 8.29. The molecule has 2 rings (SSSR count). The fourth-order valence-corrected chi connectivity index (χ4v) is 2.43. The van der Waals surface area contributed by atoms with Crippen LogP contribution in [0.4, 0.5) is 5.69 Å². The van der Waals surface area contributed by atoms with Gasteiger partial charge in [-0.05, 0) is 49.5 Å². The number of nitrogens with zero attached hydrogens (tertiary/aromatic N) is 1. The van der Waals surface area contributed by atoms with Crippen molar-refractivity contribution < 1.29 is 5.11 Å². The Bertz CT molecular complexity index is 359. The van der Waals surface area contributed by atoms with Crippen LogP contribution in [-0.2, 0) is 13.0 Å². The third-order valence-electron chi connectivity index (χ3n) is 3.54. The molecular formula is C14H22N2O. The van der Waals surface area contributed by atoms with Crippen LogP contribution in [0.25, 0.3) is 0 Å². The number of piperidine rings is 1. The predicted molar refractivity (Wildman–Crippen MR) is 70.8 cm³/mol. The van der Waals surface area contributed by atoms with Gasteiger partial charge in [-0.15, -0.1) is 0 Å². The first kappa shape index (κ1) is 12.4. The Morgan fingerprint density at radius 1 is 1.18 bits per heavy atom. The molecular weight excluding hydrogens is 212 g/mol. The maximum absolute atomic E-state index is 9.02. The van der Waals surface area contributed by atoms with E-state index in [2.05, 4.69) is 4.90 Å². The third kappa shape index (κ3) is 3.45. The zero-order valence-electron chi connectivity index (χ0n) is 10.4. The van der Waals surface area contributed by atoms with Crippen molar-refractivity contribution >= 4 is 5.69 Å². The van der Waals surface area contributed by atoms with Crippen LogP contribution in [0.2, 0.25) is 0 Å². The van der Waals surface area contributed by atoms with Crippen LogP contribution < -0.4 is 5.73 Å². The number of aliphatic hydroxyl groups excluding tert-OH is 1.